The van der Waals surface area contributed by atoms with Crippen molar-refractivity contribution in [1.82, 2.24) is 15.3 Å². The Bertz CT molecular complexity index is 554. The minimum atomic E-state index is -0.157. The molecule has 2 heterocycles. The molecule has 1 amide bonds. The summed E-state index contributed by atoms with van der Waals surface area (Å²) in [5, 5.41) is 2.83. The van der Waals surface area contributed by atoms with Gasteiger partial charge in [0, 0.05) is 24.6 Å². The predicted octanol–water partition coefficient (Wildman–Crippen LogP) is 2.48. The monoisotopic (exact) mass is 305 g/mol. The number of hydrogen-bond donors (Lipinski definition) is 1. The maximum absolute atomic E-state index is 11.9. The fourth-order valence-electron chi connectivity index (χ4n) is 1.44. The molecule has 18 heavy (non-hydrogen) atoms. The summed E-state index contributed by atoms with van der Waals surface area (Å²) in [6.45, 7) is 2.38. The first-order valence-corrected chi connectivity index (χ1v) is 6.26. The Balaban J connectivity index is 2.01. The summed E-state index contributed by atoms with van der Waals surface area (Å²) in [5.74, 6) is -0.157. The topological polar surface area (TPSA) is 54.9 Å². The predicted molar refractivity (Wildman–Crippen MR) is 72.1 cm³/mol. The minimum Gasteiger partial charge on any atom is -0.348 e. The summed E-state index contributed by atoms with van der Waals surface area (Å²) in [6, 6.07) is 7.31. The Kier molecular flexibility index (Phi) is 4.04. The zero-order chi connectivity index (χ0) is 13.0. The van der Waals surface area contributed by atoms with Crippen molar-refractivity contribution in [3.05, 3.63) is 58.1 Å². The molecule has 2 aromatic rings. The van der Waals surface area contributed by atoms with Crippen LogP contribution in [0.25, 0.3) is 0 Å². The number of rotatable bonds is 3. The second-order valence-corrected chi connectivity index (χ2v) is 4.58. The number of hydrogen-bond acceptors (Lipinski definition) is 3. The van der Waals surface area contributed by atoms with Gasteiger partial charge in [0.25, 0.3) is 5.91 Å². The summed E-state index contributed by atoms with van der Waals surface area (Å²) in [4.78, 5) is 20.1. The number of amides is 1. The molecule has 2 rings (SSSR count). The maximum atomic E-state index is 11.9. The van der Waals surface area contributed by atoms with Crippen molar-refractivity contribution >= 4 is 21.8 Å². The number of nitrogens with zero attached hydrogens (tertiary/aromatic N) is 2. The van der Waals surface area contributed by atoms with Crippen LogP contribution in [0.15, 0.2) is 41.3 Å². The summed E-state index contributed by atoms with van der Waals surface area (Å²) in [7, 11) is 0. The van der Waals surface area contributed by atoms with E-state index in [1.807, 2.05) is 19.1 Å². The highest BCUT2D eigenvalue weighted by Gasteiger charge is 2.09. The molecule has 4 nitrogen and oxygen atoms in total. The summed E-state index contributed by atoms with van der Waals surface area (Å²) in [5.41, 5.74) is 2.45. The molecule has 0 aromatic carbocycles. The van der Waals surface area contributed by atoms with Gasteiger partial charge in [-0.2, -0.15) is 0 Å². The average molecular weight is 306 g/mol. The fourth-order valence-corrected chi connectivity index (χ4v) is 1.87. The van der Waals surface area contributed by atoms with Gasteiger partial charge in [-0.1, -0.05) is 6.07 Å². The van der Waals surface area contributed by atoms with E-state index in [-0.39, 0.29) is 5.91 Å². The SMILES string of the molecule is Cc1ccc(CNC(=O)c2cccnc2Br)cn1. The third kappa shape index (κ3) is 3.13. The van der Waals surface area contributed by atoms with Crippen molar-refractivity contribution in [2.75, 3.05) is 0 Å². The van der Waals surface area contributed by atoms with E-state index < -0.39 is 0 Å². The number of halogens is 1. The van der Waals surface area contributed by atoms with Crippen LogP contribution in [-0.4, -0.2) is 15.9 Å². The first kappa shape index (κ1) is 12.7. The number of aryl methyl sites for hydroxylation is 1. The van der Waals surface area contributed by atoms with Gasteiger partial charge in [0.05, 0.1) is 5.56 Å². The van der Waals surface area contributed by atoms with Gasteiger partial charge in [-0.05, 0) is 46.6 Å². The average Bonchev–Trinajstić information content (AvgIpc) is 2.38. The summed E-state index contributed by atoms with van der Waals surface area (Å²) >= 11 is 3.25. The molecular weight excluding hydrogens is 294 g/mol. The third-order valence-electron chi connectivity index (χ3n) is 2.43. The van der Waals surface area contributed by atoms with Crippen LogP contribution in [-0.2, 0) is 6.54 Å². The molecule has 92 valence electrons. The van der Waals surface area contributed by atoms with E-state index in [9.17, 15) is 4.79 Å². The molecule has 0 bridgehead atoms. The van der Waals surface area contributed by atoms with E-state index >= 15 is 0 Å². The van der Waals surface area contributed by atoms with Gasteiger partial charge in [-0.15, -0.1) is 0 Å². The fraction of sp³-hybridized carbons (Fsp3) is 0.154. The van der Waals surface area contributed by atoms with Gasteiger partial charge in [-0.25, -0.2) is 4.98 Å². The maximum Gasteiger partial charge on any atom is 0.254 e. The first-order valence-electron chi connectivity index (χ1n) is 5.47. The van der Waals surface area contributed by atoms with Crippen molar-refractivity contribution in [3.63, 3.8) is 0 Å². The number of pyridine rings is 2. The largest absolute Gasteiger partial charge is 0.348 e. The molecule has 0 aliphatic rings. The smallest absolute Gasteiger partial charge is 0.254 e. The van der Waals surface area contributed by atoms with Crippen LogP contribution in [0.2, 0.25) is 0 Å². The molecule has 0 unspecified atom stereocenters. The van der Waals surface area contributed by atoms with Crippen LogP contribution in [0, 0.1) is 6.92 Å². The number of aromatic nitrogens is 2. The molecule has 0 radical (unpaired) electrons. The van der Waals surface area contributed by atoms with E-state index in [1.165, 1.54) is 0 Å². The molecule has 0 saturated heterocycles. The quantitative estimate of drug-likeness (QED) is 0.886. The molecule has 0 saturated carbocycles. The first-order chi connectivity index (χ1) is 8.66. The van der Waals surface area contributed by atoms with Gasteiger partial charge in [0.1, 0.15) is 4.60 Å². The minimum absolute atomic E-state index is 0.157. The second kappa shape index (κ2) is 5.73. The molecule has 2 aromatic heterocycles. The zero-order valence-electron chi connectivity index (χ0n) is 9.85. The molecule has 0 aliphatic carbocycles. The highest BCUT2D eigenvalue weighted by molar-refractivity contribution is 9.10. The Hall–Kier alpha value is -1.75. The van der Waals surface area contributed by atoms with E-state index in [1.54, 1.807) is 24.5 Å². The molecular formula is C13H12BrN3O. The summed E-state index contributed by atoms with van der Waals surface area (Å²) in [6.07, 6.45) is 3.39. The molecule has 0 atom stereocenters. The van der Waals surface area contributed by atoms with Gasteiger partial charge in [0.2, 0.25) is 0 Å². The number of carbonyl (C=O) groups is 1. The van der Waals surface area contributed by atoms with E-state index in [4.69, 9.17) is 0 Å². The van der Waals surface area contributed by atoms with Crippen molar-refractivity contribution in [2.45, 2.75) is 13.5 Å². The highest BCUT2D eigenvalue weighted by atomic mass is 79.9. The lowest BCUT2D eigenvalue weighted by Crippen LogP contribution is -2.23. The van der Waals surface area contributed by atoms with Crippen molar-refractivity contribution in [2.24, 2.45) is 0 Å². The Morgan fingerprint density at radius 1 is 1.33 bits per heavy atom. The Labute approximate surface area is 114 Å². The van der Waals surface area contributed by atoms with Gasteiger partial charge in [-0.3, -0.25) is 9.78 Å². The van der Waals surface area contributed by atoms with Crippen LogP contribution in [0.4, 0.5) is 0 Å². The number of nitrogens with one attached hydrogen (secondary N) is 1. The van der Waals surface area contributed by atoms with Crippen LogP contribution in [0.5, 0.6) is 0 Å². The molecule has 5 heteroatoms. The van der Waals surface area contributed by atoms with Crippen LogP contribution in [0.1, 0.15) is 21.6 Å². The van der Waals surface area contributed by atoms with Crippen molar-refractivity contribution < 1.29 is 4.79 Å². The van der Waals surface area contributed by atoms with Crippen molar-refractivity contribution in [1.29, 1.82) is 0 Å². The van der Waals surface area contributed by atoms with E-state index in [0.717, 1.165) is 11.3 Å². The van der Waals surface area contributed by atoms with Crippen LogP contribution < -0.4 is 5.32 Å². The Morgan fingerprint density at radius 3 is 2.83 bits per heavy atom. The van der Waals surface area contributed by atoms with Gasteiger partial charge in [0.15, 0.2) is 0 Å². The van der Waals surface area contributed by atoms with E-state index in [0.29, 0.717) is 16.7 Å². The molecule has 0 aliphatic heterocycles. The van der Waals surface area contributed by atoms with Gasteiger partial charge >= 0.3 is 0 Å². The normalized spacial score (nSPS) is 10.1. The standard InChI is InChI=1S/C13H12BrN3O/c1-9-4-5-10(7-16-9)8-17-13(18)11-3-2-6-15-12(11)14/h2-7H,8H2,1H3,(H,17,18). The molecule has 0 spiro atoms. The van der Waals surface area contributed by atoms with Crippen molar-refractivity contribution in [3.8, 4) is 0 Å². The lowest BCUT2D eigenvalue weighted by Gasteiger charge is -2.06. The Morgan fingerprint density at radius 2 is 2.17 bits per heavy atom. The highest BCUT2D eigenvalue weighted by Crippen LogP contribution is 2.12. The summed E-state index contributed by atoms with van der Waals surface area (Å²) < 4.78 is 0.546. The zero-order valence-corrected chi connectivity index (χ0v) is 11.4. The van der Waals surface area contributed by atoms with Crippen LogP contribution >= 0.6 is 15.9 Å². The number of carbonyl (C=O) groups excluding carboxylic acids is 1. The van der Waals surface area contributed by atoms with Gasteiger partial charge < -0.3 is 5.32 Å². The van der Waals surface area contributed by atoms with E-state index in [2.05, 4.69) is 31.2 Å². The van der Waals surface area contributed by atoms with Crippen LogP contribution in [0.3, 0.4) is 0 Å². The third-order valence-corrected chi connectivity index (χ3v) is 3.06. The lowest BCUT2D eigenvalue weighted by molar-refractivity contribution is 0.0949. The molecule has 0 fully saturated rings. The lowest BCUT2D eigenvalue weighted by atomic mass is 10.2. The second-order valence-electron chi connectivity index (χ2n) is 3.83. The molecule has 1 N–H and O–H groups in total.